The minimum atomic E-state index is -4.83. The van der Waals surface area contributed by atoms with E-state index >= 15 is 0 Å². The zero-order valence-corrected chi connectivity index (χ0v) is 11.4. The molecule has 2 rings (SSSR count). The number of carboxylic acid groups (broad SMARTS) is 1. The van der Waals surface area contributed by atoms with Crippen molar-refractivity contribution in [3.63, 3.8) is 0 Å². The molecule has 21 heavy (non-hydrogen) atoms. The summed E-state index contributed by atoms with van der Waals surface area (Å²) in [5, 5.41) is 20.9. The lowest BCUT2D eigenvalue weighted by Crippen LogP contribution is -2.47. The van der Waals surface area contributed by atoms with Crippen LogP contribution in [-0.4, -0.2) is 40.2 Å². The Bertz CT molecular complexity index is 574. The van der Waals surface area contributed by atoms with Crippen LogP contribution >= 0.6 is 11.3 Å². The maximum atomic E-state index is 13.0. The molecule has 1 aliphatic heterocycles. The Morgan fingerprint density at radius 2 is 2.24 bits per heavy atom. The number of hydrogen-bond donors (Lipinski definition) is 1. The minimum absolute atomic E-state index is 0.0184. The molecule has 0 saturated carbocycles. The zero-order valence-electron chi connectivity index (χ0n) is 10.6. The normalized spacial score (nSPS) is 23.4. The van der Waals surface area contributed by atoms with Crippen LogP contribution in [0.1, 0.15) is 12.0 Å². The van der Waals surface area contributed by atoms with Crippen molar-refractivity contribution in [2.24, 2.45) is 5.41 Å². The Morgan fingerprint density at radius 3 is 2.67 bits per heavy atom. The molecule has 0 radical (unpaired) electrons. The van der Waals surface area contributed by atoms with Gasteiger partial charge in [-0.05, 0) is 12.0 Å². The van der Waals surface area contributed by atoms with E-state index in [1.807, 2.05) is 0 Å². The summed E-state index contributed by atoms with van der Waals surface area (Å²) >= 11 is 0.888. The molecule has 0 bridgehead atoms. The first kappa shape index (κ1) is 15.7. The predicted molar refractivity (Wildman–Crippen MR) is 67.0 cm³/mol. The summed E-state index contributed by atoms with van der Waals surface area (Å²) in [4.78, 5) is 22.4. The molecule has 1 saturated heterocycles. The number of likely N-dealkylation sites (tertiary alicyclic amines) is 1. The maximum Gasteiger partial charge on any atom is 0.406 e. The van der Waals surface area contributed by atoms with Crippen LogP contribution in [0.2, 0.25) is 0 Å². The molecule has 0 aromatic carbocycles. The summed E-state index contributed by atoms with van der Waals surface area (Å²) < 4.78 is 39.0. The summed E-state index contributed by atoms with van der Waals surface area (Å²) in [6.07, 6.45) is -5.34. The topological polar surface area (TPSA) is 83.7 Å². The fourth-order valence-electron chi connectivity index (χ4n) is 2.35. The fraction of sp³-hybridized carbons (Fsp3) is 0.545. The van der Waals surface area contributed by atoms with E-state index < -0.39 is 35.4 Å². The molecular formula is C11H11F3N2O4S. The number of carboxylic acids is 1. The van der Waals surface area contributed by atoms with E-state index in [2.05, 4.69) is 0 Å². The first-order valence-corrected chi connectivity index (χ1v) is 6.78. The Balaban J connectivity index is 2.11. The third-order valence-corrected chi connectivity index (χ3v) is 4.46. The van der Waals surface area contributed by atoms with E-state index in [1.165, 1.54) is 16.3 Å². The highest BCUT2D eigenvalue weighted by Crippen LogP contribution is 2.46. The van der Waals surface area contributed by atoms with E-state index in [9.17, 15) is 28.1 Å². The van der Waals surface area contributed by atoms with Crippen molar-refractivity contribution in [2.75, 3.05) is 13.1 Å². The third-order valence-electron chi connectivity index (χ3n) is 3.53. The van der Waals surface area contributed by atoms with Gasteiger partial charge < -0.3 is 5.11 Å². The van der Waals surface area contributed by atoms with Gasteiger partial charge in [-0.3, -0.25) is 19.8 Å². The molecule has 0 aliphatic carbocycles. The zero-order chi connectivity index (χ0) is 15.8. The molecule has 1 aliphatic rings. The van der Waals surface area contributed by atoms with Gasteiger partial charge in [0.1, 0.15) is 0 Å². The number of aliphatic carboxylic acids is 1. The number of thiophene rings is 1. The number of alkyl halides is 3. The van der Waals surface area contributed by atoms with Crippen LogP contribution in [0.15, 0.2) is 11.4 Å². The second-order valence-electron chi connectivity index (χ2n) is 4.90. The first-order chi connectivity index (χ1) is 9.65. The summed E-state index contributed by atoms with van der Waals surface area (Å²) in [5.41, 5.74) is -2.25. The molecule has 1 N–H and O–H groups in total. The van der Waals surface area contributed by atoms with Crippen LogP contribution in [0.3, 0.4) is 0 Å². The van der Waals surface area contributed by atoms with Gasteiger partial charge in [-0.15, -0.1) is 0 Å². The fourth-order valence-corrected chi connectivity index (χ4v) is 3.07. The van der Waals surface area contributed by atoms with E-state index in [0.29, 0.717) is 5.56 Å². The van der Waals surface area contributed by atoms with E-state index in [1.54, 1.807) is 0 Å². The number of rotatable bonds is 4. The van der Waals surface area contributed by atoms with E-state index in [0.717, 1.165) is 11.3 Å². The number of nitrogens with zero attached hydrogens (tertiary/aromatic N) is 2. The van der Waals surface area contributed by atoms with Gasteiger partial charge in [0.25, 0.3) is 0 Å². The Morgan fingerprint density at radius 1 is 1.57 bits per heavy atom. The van der Waals surface area contributed by atoms with Gasteiger partial charge >= 0.3 is 17.1 Å². The standard InChI is InChI=1S/C11H11F3N2O4S/c12-11(13,14)10(9(17)18)1-2-15(6-10)4-7-3-8(16(19)20)21-5-7/h3,5H,1-2,4,6H2,(H,17,18). The molecule has 2 heterocycles. The highest BCUT2D eigenvalue weighted by Gasteiger charge is 2.63. The molecule has 0 amide bonds. The Hall–Kier alpha value is -1.68. The van der Waals surface area contributed by atoms with Crippen molar-refractivity contribution in [1.82, 2.24) is 4.90 Å². The maximum absolute atomic E-state index is 13.0. The molecule has 6 nitrogen and oxygen atoms in total. The van der Waals surface area contributed by atoms with Gasteiger partial charge in [0.15, 0.2) is 5.41 Å². The molecule has 1 atom stereocenters. The van der Waals surface area contributed by atoms with Gasteiger partial charge in [-0.1, -0.05) is 11.3 Å². The van der Waals surface area contributed by atoms with Crippen molar-refractivity contribution < 1.29 is 28.0 Å². The highest BCUT2D eigenvalue weighted by molar-refractivity contribution is 7.13. The van der Waals surface area contributed by atoms with Crippen LogP contribution in [0.5, 0.6) is 0 Å². The van der Waals surface area contributed by atoms with Gasteiger partial charge in [0.2, 0.25) is 0 Å². The number of halogens is 3. The predicted octanol–water partition coefficient (Wildman–Crippen LogP) is 2.50. The lowest BCUT2D eigenvalue weighted by Gasteiger charge is -2.27. The van der Waals surface area contributed by atoms with Crippen LogP contribution in [0, 0.1) is 15.5 Å². The van der Waals surface area contributed by atoms with E-state index in [-0.39, 0.29) is 18.1 Å². The van der Waals surface area contributed by atoms with Crippen LogP contribution in [-0.2, 0) is 11.3 Å². The smallest absolute Gasteiger partial charge is 0.406 e. The van der Waals surface area contributed by atoms with Crippen LogP contribution in [0.25, 0.3) is 0 Å². The molecular weight excluding hydrogens is 313 g/mol. The molecule has 1 aromatic rings. The Labute approximate surface area is 120 Å². The van der Waals surface area contributed by atoms with Crippen molar-refractivity contribution in [1.29, 1.82) is 0 Å². The lowest BCUT2D eigenvalue weighted by atomic mass is 9.86. The van der Waals surface area contributed by atoms with Crippen molar-refractivity contribution in [2.45, 2.75) is 19.1 Å². The van der Waals surface area contributed by atoms with Crippen LogP contribution in [0.4, 0.5) is 18.2 Å². The SMILES string of the molecule is O=C(O)C1(C(F)(F)F)CCN(Cc2csc([N+](=O)[O-])c2)C1. The number of nitro groups is 1. The van der Waals surface area contributed by atoms with Gasteiger partial charge in [0, 0.05) is 31.1 Å². The number of carbonyl (C=O) groups is 1. The first-order valence-electron chi connectivity index (χ1n) is 5.90. The molecule has 116 valence electrons. The summed E-state index contributed by atoms with van der Waals surface area (Å²) in [5.74, 6) is -1.88. The molecule has 1 aromatic heterocycles. The number of hydrogen-bond acceptors (Lipinski definition) is 5. The molecule has 10 heteroatoms. The van der Waals surface area contributed by atoms with Crippen molar-refractivity contribution in [3.05, 3.63) is 27.1 Å². The minimum Gasteiger partial charge on any atom is -0.481 e. The Kier molecular flexibility index (Phi) is 3.93. The molecule has 0 spiro atoms. The van der Waals surface area contributed by atoms with E-state index in [4.69, 9.17) is 5.11 Å². The van der Waals surface area contributed by atoms with Crippen molar-refractivity contribution >= 4 is 22.3 Å². The average molecular weight is 324 g/mol. The second kappa shape index (κ2) is 5.26. The highest BCUT2D eigenvalue weighted by atomic mass is 32.1. The second-order valence-corrected chi connectivity index (χ2v) is 5.79. The summed E-state index contributed by atoms with van der Waals surface area (Å²) in [6.45, 7) is -0.597. The van der Waals surface area contributed by atoms with Crippen molar-refractivity contribution in [3.8, 4) is 0 Å². The van der Waals surface area contributed by atoms with Gasteiger partial charge in [-0.2, -0.15) is 13.2 Å². The average Bonchev–Trinajstić information content (AvgIpc) is 2.95. The lowest BCUT2D eigenvalue weighted by molar-refractivity contribution is -0.380. The monoisotopic (exact) mass is 324 g/mol. The molecule has 1 unspecified atom stereocenters. The summed E-state index contributed by atoms with van der Waals surface area (Å²) in [7, 11) is 0. The van der Waals surface area contributed by atoms with Gasteiger partial charge in [0.05, 0.1) is 4.92 Å². The van der Waals surface area contributed by atoms with Crippen LogP contribution < -0.4 is 0 Å². The van der Waals surface area contributed by atoms with Gasteiger partial charge in [-0.25, -0.2) is 0 Å². The third kappa shape index (κ3) is 2.86. The molecule has 1 fully saturated rings. The summed E-state index contributed by atoms with van der Waals surface area (Å²) in [6, 6.07) is 1.29. The quantitative estimate of drug-likeness (QED) is 0.679. The largest absolute Gasteiger partial charge is 0.481 e.